The van der Waals surface area contributed by atoms with E-state index in [2.05, 4.69) is 17.8 Å². The van der Waals surface area contributed by atoms with Crippen LogP contribution in [0.25, 0.3) is 0 Å². The maximum atomic E-state index is 12.0. The van der Waals surface area contributed by atoms with Gasteiger partial charge in [-0.2, -0.15) is 0 Å². The van der Waals surface area contributed by atoms with Gasteiger partial charge < -0.3 is 10.2 Å². The molecule has 0 saturated carbocycles. The van der Waals surface area contributed by atoms with E-state index in [1.165, 1.54) is 6.08 Å². The summed E-state index contributed by atoms with van der Waals surface area (Å²) in [6.45, 7) is 4.68. The minimum absolute atomic E-state index is 0.109. The molecule has 0 bridgehead atoms. The molecule has 0 aromatic heterocycles. The summed E-state index contributed by atoms with van der Waals surface area (Å²) in [5.74, 6) is 2.23. The van der Waals surface area contributed by atoms with Crippen LogP contribution in [0.5, 0.6) is 0 Å². The summed E-state index contributed by atoms with van der Waals surface area (Å²) in [6, 6.07) is 5.41. The molecule has 0 aliphatic carbocycles. The first kappa shape index (κ1) is 14.9. The standard InChI is InChI=1S/C17H18N2O2/c1-3-5-10-18-17(21)14-8-9-15-13(12-14)7-6-11-19(15)16(20)4-2/h1,4,8-9,12H,2,5-7,10-11H2,(H,18,21). The zero-order valence-electron chi connectivity index (χ0n) is 11.9. The molecule has 0 atom stereocenters. The summed E-state index contributed by atoms with van der Waals surface area (Å²) >= 11 is 0. The topological polar surface area (TPSA) is 49.4 Å². The number of hydrogen-bond donors (Lipinski definition) is 1. The summed E-state index contributed by atoms with van der Waals surface area (Å²) in [5.41, 5.74) is 2.48. The van der Waals surface area contributed by atoms with E-state index in [-0.39, 0.29) is 11.8 Å². The first-order valence-corrected chi connectivity index (χ1v) is 6.96. The van der Waals surface area contributed by atoms with E-state index >= 15 is 0 Å². The van der Waals surface area contributed by atoms with Gasteiger partial charge in [-0.1, -0.05) is 6.58 Å². The third kappa shape index (κ3) is 3.32. The molecule has 4 nitrogen and oxygen atoms in total. The van der Waals surface area contributed by atoms with E-state index in [1.54, 1.807) is 11.0 Å². The van der Waals surface area contributed by atoms with Gasteiger partial charge in [0, 0.05) is 30.8 Å². The summed E-state index contributed by atoms with van der Waals surface area (Å²) in [6.07, 6.45) is 8.73. The highest BCUT2D eigenvalue weighted by molar-refractivity contribution is 6.02. The number of carbonyl (C=O) groups is 2. The third-order valence-corrected chi connectivity index (χ3v) is 3.46. The fourth-order valence-corrected chi connectivity index (χ4v) is 2.43. The van der Waals surface area contributed by atoms with Crippen molar-refractivity contribution in [2.75, 3.05) is 18.0 Å². The molecule has 2 amide bonds. The molecule has 4 heteroatoms. The zero-order chi connectivity index (χ0) is 15.2. The summed E-state index contributed by atoms with van der Waals surface area (Å²) in [4.78, 5) is 25.5. The number of nitrogens with zero attached hydrogens (tertiary/aromatic N) is 1. The van der Waals surface area contributed by atoms with Gasteiger partial charge in [0.2, 0.25) is 5.91 Å². The number of hydrogen-bond acceptors (Lipinski definition) is 2. The number of terminal acetylenes is 1. The molecule has 1 heterocycles. The van der Waals surface area contributed by atoms with E-state index in [4.69, 9.17) is 6.42 Å². The van der Waals surface area contributed by atoms with Gasteiger partial charge in [0.25, 0.3) is 5.91 Å². The van der Waals surface area contributed by atoms with Crippen molar-refractivity contribution in [3.63, 3.8) is 0 Å². The monoisotopic (exact) mass is 282 g/mol. The second-order valence-corrected chi connectivity index (χ2v) is 4.85. The van der Waals surface area contributed by atoms with Crippen molar-refractivity contribution in [2.45, 2.75) is 19.3 Å². The molecule has 0 spiro atoms. The number of fused-ring (bicyclic) bond motifs is 1. The average molecular weight is 282 g/mol. The van der Waals surface area contributed by atoms with Crippen LogP contribution in [0, 0.1) is 12.3 Å². The predicted molar refractivity (Wildman–Crippen MR) is 83.1 cm³/mol. The van der Waals surface area contributed by atoms with E-state index in [9.17, 15) is 9.59 Å². The number of nitrogens with one attached hydrogen (secondary N) is 1. The lowest BCUT2D eigenvalue weighted by molar-refractivity contribution is -0.114. The van der Waals surface area contributed by atoms with Gasteiger partial charge in [0.05, 0.1) is 0 Å². The quantitative estimate of drug-likeness (QED) is 0.521. The molecule has 2 rings (SSSR count). The normalized spacial score (nSPS) is 13.0. The molecule has 0 unspecified atom stereocenters. The first-order chi connectivity index (χ1) is 10.2. The largest absolute Gasteiger partial charge is 0.351 e. The Labute approximate surface area is 124 Å². The zero-order valence-corrected chi connectivity index (χ0v) is 11.9. The molecule has 1 aromatic rings. The number of aryl methyl sites for hydroxylation is 1. The Kier molecular flexibility index (Phi) is 4.78. The summed E-state index contributed by atoms with van der Waals surface area (Å²) in [7, 11) is 0. The van der Waals surface area contributed by atoms with Crippen LogP contribution in [0.3, 0.4) is 0 Å². The van der Waals surface area contributed by atoms with Crippen molar-refractivity contribution in [3.05, 3.63) is 42.0 Å². The Morgan fingerprint density at radius 2 is 2.29 bits per heavy atom. The van der Waals surface area contributed by atoms with Crippen LogP contribution in [0.4, 0.5) is 5.69 Å². The Morgan fingerprint density at radius 1 is 1.48 bits per heavy atom. The lowest BCUT2D eigenvalue weighted by atomic mass is 9.98. The molecule has 0 radical (unpaired) electrons. The van der Waals surface area contributed by atoms with E-state index < -0.39 is 0 Å². The van der Waals surface area contributed by atoms with Crippen molar-refractivity contribution in [2.24, 2.45) is 0 Å². The fraction of sp³-hybridized carbons (Fsp3) is 0.294. The molecule has 1 N–H and O–H groups in total. The first-order valence-electron chi connectivity index (χ1n) is 6.96. The second-order valence-electron chi connectivity index (χ2n) is 4.85. The third-order valence-electron chi connectivity index (χ3n) is 3.46. The number of benzene rings is 1. The minimum Gasteiger partial charge on any atom is -0.351 e. The lowest BCUT2D eigenvalue weighted by Gasteiger charge is -2.28. The Bertz CT molecular complexity index is 614. The van der Waals surface area contributed by atoms with Gasteiger partial charge in [0.15, 0.2) is 0 Å². The number of amides is 2. The van der Waals surface area contributed by atoms with E-state index in [0.29, 0.717) is 25.1 Å². The maximum Gasteiger partial charge on any atom is 0.251 e. The lowest BCUT2D eigenvalue weighted by Crippen LogP contribution is -2.34. The molecule has 1 aromatic carbocycles. The van der Waals surface area contributed by atoms with Gasteiger partial charge in [0.1, 0.15) is 0 Å². The van der Waals surface area contributed by atoms with Crippen LogP contribution in [0.1, 0.15) is 28.8 Å². The van der Waals surface area contributed by atoms with Crippen molar-refractivity contribution >= 4 is 17.5 Å². The molecule has 0 fully saturated rings. The highest BCUT2D eigenvalue weighted by atomic mass is 16.2. The van der Waals surface area contributed by atoms with Crippen LogP contribution < -0.4 is 10.2 Å². The summed E-state index contributed by atoms with van der Waals surface area (Å²) in [5, 5.41) is 2.77. The molecule has 0 saturated heterocycles. The number of rotatable bonds is 4. The van der Waals surface area contributed by atoms with Gasteiger partial charge in [-0.05, 0) is 42.7 Å². The molecular formula is C17H18N2O2. The Hall–Kier alpha value is -2.54. The van der Waals surface area contributed by atoms with Crippen LogP contribution in [-0.4, -0.2) is 24.9 Å². The fourth-order valence-electron chi connectivity index (χ4n) is 2.43. The molecule has 21 heavy (non-hydrogen) atoms. The van der Waals surface area contributed by atoms with E-state index in [0.717, 1.165) is 24.1 Å². The van der Waals surface area contributed by atoms with Gasteiger partial charge in [-0.3, -0.25) is 9.59 Å². The van der Waals surface area contributed by atoms with Crippen molar-refractivity contribution in [3.8, 4) is 12.3 Å². The van der Waals surface area contributed by atoms with Crippen LogP contribution in [0.15, 0.2) is 30.9 Å². The van der Waals surface area contributed by atoms with E-state index in [1.807, 2.05) is 12.1 Å². The highest BCUT2D eigenvalue weighted by Gasteiger charge is 2.21. The van der Waals surface area contributed by atoms with Gasteiger partial charge in [-0.25, -0.2) is 0 Å². The van der Waals surface area contributed by atoms with Crippen LogP contribution in [-0.2, 0) is 11.2 Å². The predicted octanol–water partition coefficient (Wildman–Crippen LogP) is 1.90. The van der Waals surface area contributed by atoms with Gasteiger partial charge in [-0.15, -0.1) is 12.3 Å². The number of carbonyl (C=O) groups excluding carboxylic acids is 2. The van der Waals surface area contributed by atoms with Crippen molar-refractivity contribution < 1.29 is 9.59 Å². The highest BCUT2D eigenvalue weighted by Crippen LogP contribution is 2.28. The van der Waals surface area contributed by atoms with Crippen molar-refractivity contribution in [1.29, 1.82) is 0 Å². The molecule has 1 aliphatic heterocycles. The van der Waals surface area contributed by atoms with Crippen LogP contribution >= 0.6 is 0 Å². The smallest absolute Gasteiger partial charge is 0.251 e. The van der Waals surface area contributed by atoms with Gasteiger partial charge >= 0.3 is 0 Å². The summed E-state index contributed by atoms with van der Waals surface area (Å²) < 4.78 is 0. The molecule has 1 aliphatic rings. The van der Waals surface area contributed by atoms with Crippen LogP contribution in [0.2, 0.25) is 0 Å². The Morgan fingerprint density at radius 3 is 3.00 bits per heavy atom. The Balaban J connectivity index is 2.19. The average Bonchev–Trinajstić information content (AvgIpc) is 2.53. The molecule has 108 valence electrons. The minimum atomic E-state index is -0.139. The SMILES string of the molecule is C#CCCNC(=O)c1ccc2c(c1)CCCN2C(=O)C=C. The molecular weight excluding hydrogens is 264 g/mol. The number of anilines is 1. The van der Waals surface area contributed by atoms with Crippen molar-refractivity contribution in [1.82, 2.24) is 5.32 Å². The maximum absolute atomic E-state index is 12.0. The second kappa shape index (κ2) is 6.76.